The lowest BCUT2D eigenvalue weighted by atomic mass is 9.81. The second kappa shape index (κ2) is 9.49. The third kappa shape index (κ3) is 4.73. The van der Waals surface area contributed by atoms with Gasteiger partial charge in [-0.3, -0.25) is 10.00 Å². The van der Waals surface area contributed by atoms with E-state index < -0.39 is 0 Å². The van der Waals surface area contributed by atoms with Gasteiger partial charge in [-0.1, -0.05) is 6.42 Å². The predicted octanol–water partition coefficient (Wildman–Crippen LogP) is 2.18. The van der Waals surface area contributed by atoms with Gasteiger partial charge < -0.3 is 20.1 Å². The van der Waals surface area contributed by atoms with Crippen LogP contribution in [0.15, 0.2) is 12.1 Å². The minimum atomic E-state index is -0.106. The number of anilines is 3. The first-order valence-electron chi connectivity index (χ1n) is 10.8. The molecule has 0 amide bonds. The second-order valence-electron chi connectivity index (χ2n) is 8.28. The Morgan fingerprint density at radius 2 is 2.06 bits per heavy atom. The number of aromatic nitrogens is 4. The van der Waals surface area contributed by atoms with Crippen LogP contribution in [-0.2, 0) is 6.61 Å². The fraction of sp³-hybridized carbons (Fsp3) is 0.619. The molecule has 2 aromatic heterocycles. The summed E-state index contributed by atoms with van der Waals surface area (Å²) in [5.74, 6) is 2.23. The highest BCUT2D eigenvalue weighted by atomic mass is 16.5. The first-order valence-corrected chi connectivity index (χ1v) is 10.8. The summed E-state index contributed by atoms with van der Waals surface area (Å²) in [7, 11) is 3.63. The topological polar surface area (TPSA) is 126 Å². The van der Waals surface area contributed by atoms with Crippen LogP contribution in [0.5, 0.6) is 5.88 Å². The van der Waals surface area contributed by atoms with Gasteiger partial charge in [0.25, 0.3) is 0 Å². The lowest BCUT2D eigenvalue weighted by Gasteiger charge is -2.50. The lowest BCUT2D eigenvalue weighted by molar-refractivity contribution is 0.0325. The molecule has 2 aromatic rings. The van der Waals surface area contributed by atoms with Crippen molar-refractivity contribution in [3.05, 3.63) is 17.8 Å². The number of nitrogens with zero attached hydrogens (tertiary/aromatic N) is 6. The van der Waals surface area contributed by atoms with Crippen molar-refractivity contribution in [2.75, 3.05) is 30.9 Å². The van der Waals surface area contributed by atoms with Crippen molar-refractivity contribution in [2.45, 2.75) is 63.3 Å². The number of methoxy groups -OCH3 is 1. The number of nitriles is 1. The smallest absolute Gasteiger partial charge is 0.230 e. The maximum Gasteiger partial charge on any atom is 0.230 e. The summed E-state index contributed by atoms with van der Waals surface area (Å²) in [5.41, 5.74) is 0.621. The molecule has 0 aromatic carbocycles. The van der Waals surface area contributed by atoms with E-state index in [4.69, 9.17) is 15.0 Å². The van der Waals surface area contributed by atoms with E-state index in [0.29, 0.717) is 53.7 Å². The first-order chi connectivity index (χ1) is 15.1. The van der Waals surface area contributed by atoms with Gasteiger partial charge in [-0.25, -0.2) is 0 Å². The molecule has 3 N–H and O–H groups in total. The van der Waals surface area contributed by atoms with Crippen molar-refractivity contribution in [3.63, 3.8) is 0 Å². The minimum Gasteiger partial charge on any atom is -0.481 e. The molecule has 10 heteroatoms. The Kier molecular flexibility index (Phi) is 6.53. The average Bonchev–Trinajstić information content (AvgIpc) is 3.23. The van der Waals surface area contributed by atoms with Gasteiger partial charge in [0, 0.05) is 50.3 Å². The molecular formula is C21H30N8O2. The van der Waals surface area contributed by atoms with Crippen LogP contribution in [0, 0.1) is 11.3 Å². The maximum absolute atomic E-state index is 9.22. The van der Waals surface area contributed by atoms with Crippen LogP contribution in [0.3, 0.4) is 0 Å². The zero-order chi connectivity index (χ0) is 21.8. The number of fused-ring (bicyclic) bond motifs is 2. The summed E-state index contributed by atoms with van der Waals surface area (Å²) in [5, 5.41) is 28.3. The molecule has 166 valence electrons. The minimum absolute atomic E-state index is 0.106. The standard InChI is InChI=1S/C21H30N8O2/c1-28(17-10-15-5-3-6-16(11-17)29(15)8-4-7-22)21-24-18(12-20(25-21)31-2)23-19-9-14(13-30)26-27-19/h9,12,15-17,30H,3-6,8,10-11,13H2,1-2H3,(H2,23,24,25,26,27). The zero-order valence-corrected chi connectivity index (χ0v) is 18.1. The van der Waals surface area contributed by atoms with Gasteiger partial charge in [0.05, 0.1) is 25.5 Å². The van der Waals surface area contributed by atoms with E-state index in [1.807, 2.05) is 7.05 Å². The van der Waals surface area contributed by atoms with Crippen molar-refractivity contribution in [1.29, 1.82) is 5.26 Å². The Morgan fingerprint density at radius 1 is 1.29 bits per heavy atom. The molecule has 10 nitrogen and oxygen atoms in total. The van der Waals surface area contributed by atoms with Gasteiger partial charge in [-0.15, -0.1) is 0 Å². The number of aliphatic hydroxyl groups is 1. The molecule has 31 heavy (non-hydrogen) atoms. The van der Waals surface area contributed by atoms with Gasteiger partial charge in [-0.05, 0) is 25.7 Å². The number of piperidine rings is 2. The van der Waals surface area contributed by atoms with Crippen molar-refractivity contribution in [1.82, 2.24) is 25.1 Å². The number of hydrogen-bond donors (Lipinski definition) is 3. The number of rotatable bonds is 8. The fourth-order valence-corrected chi connectivity index (χ4v) is 4.85. The molecule has 2 aliphatic heterocycles. The molecule has 2 unspecified atom stereocenters. The molecule has 0 aliphatic carbocycles. The maximum atomic E-state index is 9.22. The van der Waals surface area contributed by atoms with Crippen LogP contribution in [0.25, 0.3) is 0 Å². The van der Waals surface area contributed by atoms with Crippen molar-refractivity contribution >= 4 is 17.6 Å². The summed E-state index contributed by atoms with van der Waals surface area (Å²) in [6, 6.07) is 7.11. The van der Waals surface area contributed by atoms with Gasteiger partial charge in [0.2, 0.25) is 11.8 Å². The van der Waals surface area contributed by atoms with Crippen LogP contribution in [0.1, 0.15) is 44.2 Å². The molecule has 4 rings (SSSR count). The van der Waals surface area contributed by atoms with E-state index in [-0.39, 0.29) is 6.61 Å². The molecule has 0 spiro atoms. The highest BCUT2D eigenvalue weighted by Crippen LogP contribution is 2.36. The Hall–Kier alpha value is -2.90. The van der Waals surface area contributed by atoms with Crippen LogP contribution in [0.4, 0.5) is 17.6 Å². The molecule has 2 aliphatic rings. The van der Waals surface area contributed by atoms with E-state index in [2.05, 4.69) is 36.4 Å². The second-order valence-corrected chi connectivity index (χ2v) is 8.28. The summed E-state index contributed by atoms with van der Waals surface area (Å²) >= 11 is 0. The number of nitrogens with one attached hydrogen (secondary N) is 2. The molecule has 0 radical (unpaired) electrons. The van der Waals surface area contributed by atoms with Crippen LogP contribution in [0.2, 0.25) is 0 Å². The molecule has 4 heterocycles. The van der Waals surface area contributed by atoms with E-state index >= 15 is 0 Å². The molecule has 0 saturated carbocycles. The van der Waals surface area contributed by atoms with Gasteiger partial charge in [-0.2, -0.15) is 20.3 Å². The number of aromatic amines is 1. The number of H-pyrrole nitrogens is 1. The average molecular weight is 427 g/mol. The van der Waals surface area contributed by atoms with Gasteiger partial charge in [0.15, 0.2) is 5.82 Å². The van der Waals surface area contributed by atoms with Gasteiger partial charge >= 0.3 is 0 Å². The Labute approximate surface area is 182 Å². The molecule has 2 fully saturated rings. The monoisotopic (exact) mass is 426 g/mol. The van der Waals surface area contributed by atoms with E-state index in [1.54, 1.807) is 19.2 Å². The van der Waals surface area contributed by atoms with E-state index in [9.17, 15) is 5.11 Å². The predicted molar refractivity (Wildman–Crippen MR) is 116 cm³/mol. The largest absolute Gasteiger partial charge is 0.481 e. The van der Waals surface area contributed by atoms with E-state index in [0.717, 1.165) is 19.4 Å². The zero-order valence-electron chi connectivity index (χ0n) is 18.1. The number of aliphatic hydroxyl groups excluding tert-OH is 1. The Bertz CT molecular complexity index is 912. The number of hydrogen-bond acceptors (Lipinski definition) is 9. The number of ether oxygens (including phenoxy) is 1. The normalized spacial score (nSPS) is 23.2. The summed E-state index contributed by atoms with van der Waals surface area (Å²) in [6.45, 7) is 0.761. The quantitative estimate of drug-likeness (QED) is 0.582. The van der Waals surface area contributed by atoms with Crippen molar-refractivity contribution in [2.24, 2.45) is 0 Å². The highest BCUT2D eigenvalue weighted by Gasteiger charge is 2.39. The van der Waals surface area contributed by atoms with Crippen LogP contribution < -0.4 is 15.0 Å². The molecule has 2 bridgehead atoms. The summed E-state index contributed by atoms with van der Waals surface area (Å²) in [4.78, 5) is 14.0. The highest BCUT2D eigenvalue weighted by molar-refractivity contribution is 5.55. The Balaban J connectivity index is 1.51. The molecular weight excluding hydrogens is 396 g/mol. The lowest BCUT2D eigenvalue weighted by Crippen LogP contribution is -2.56. The summed E-state index contributed by atoms with van der Waals surface area (Å²) in [6.07, 6.45) is 6.31. The van der Waals surface area contributed by atoms with Crippen LogP contribution >= 0.6 is 0 Å². The SMILES string of the molecule is COc1cc(Nc2cc(CO)[nH]n2)nc(N(C)C2CC3CCCC(C2)N3CCC#N)n1. The van der Waals surface area contributed by atoms with Crippen LogP contribution in [-0.4, -0.2) is 69.0 Å². The van der Waals surface area contributed by atoms with Gasteiger partial charge in [0.1, 0.15) is 5.82 Å². The summed E-state index contributed by atoms with van der Waals surface area (Å²) < 4.78 is 5.41. The van der Waals surface area contributed by atoms with E-state index in [1.165, 1.54) is 19.3 Å². The van der Waals surface area contributed by atoms with Crippen molar-refractivity contribution in [3.8, 4) is 11.9 Å². The molecule has 2 atom stereocenters. The molecule has 2 saturated heterocycles. The third-order valence-electron chi connectivity index (χ3n) is 6.40. The van der Waals surface area contributed by atoms with Crippen molar-refractivity contribution < 1.29 is 9.84 Å². The third-order valence-corrected chi connectivity index (χ3v) is 6.40. The Morgan fingerprint density at radius 3 is 2.71 bits per heavy atom. The fourth-order valence-electron chi connectivity index (χ4n) is 4.85. The first kappa shape index (κ1) is 21.3.